The van der Waals surface area contributed by atoms with Crippen molar-refractivity contribution >= 4 is 13.7 Å². The number of aromatic nitrogens is 3. The molecule has 0 aliphatic heterocycles. The Labute approximate surface area is 176 Å². The van der Waals surface area contributed by atoms with E-state index < -0.39 is 14.2 Å². The highest BCUT2D eigenvalue weighted by atomic mass is 28.3. The van der Waals surface area contributed by atoms with Gasteiger partial charge < -0.3 is 14.6 Å². The summed E-state index contributed by atoms with van der Waals surface area (Å²) in [6, 6.07) is 12.0. The molecule has 0 spiro atoms. The summed E-state index contributed by atoms with van der Waals surface area (Å²) in [5.41, 5.74) is 1.24. The molecule has 8 heteroatoms. The lowest BCUT2D eigenvalue weighted by atomic mass is 10.1. The molecule has 2 heterocycles. The van der Waals surface area contributed by atoms with Crippen LogP contribution in [-0.4, -0.2) is 41.1 Å². The monoisotopic (exact) mass is 425 g/mol. The highest BCUT2D eigenvalue weighted by Crippen LogP contribution is 2.28. The van der Waals surface area contributed by atoms with Crippen LogP contribution in [-0.2, 0) is 11.5 Å². The molecule has 0 bridgehead atoms. The molecular formula is C22H27N3O4Si. The van der Waals surface area contributed by atoms with Crippen LogP contribution in [0.3, 0.4) is 0 Å². The minimum Gasteiger partial charge on any atom is -0.492 e. The Kier molecular flexibility index (Phi) is 6.77. The molecule has 0 aliphatic rings. The molecule has 7 nitrogen and oxygen atoms in total. The molecular weight excluding hydrogens is 398 g/mol. The lowest BCUT2D eigenvalue weighted by Gasteiger charge is -2.14. The van der Waals surface area contributed by atoms with Crippen LogP contribution in [0.1, 0.15) is 17.2 Å². The Morgan fingerprint density at radius 2 is 1.93 bits per heavy atom. The molecule has 1 aromatic carbocycles. The fraction of sp³-hybridized carbons (Fsp3) is 0.364. The maximum absolute atomic E-state index is 12.6. The lowest BCUT2D eigenvalue weighted by Crippen LogP contribution is -2.25. The van der Waals surface area contributed by atoms with Crippen molar-refractivity contribution in [2.45, 2.75) is 38.5 Å². The fourth-order valence-corrected chi connectivity index (χ4v) is 3.61. The van der Waals surface area contributed by atoms with Gasteiger partial charge in [0.15, 0.2) is 5.75 Å². The van der Waals surface area contributed by atoms with Gasteiger partial charge in [0, 0.05) is 32.0 Å². The highest BCUT2D eigenvalue weighted by molar-refractivity contribution is 6.76. The van der Waals surface area contributed by atoms with Crippen LogP contribution >= 0.6 is 0 Å². The van der Waals surface area contributed by atoms with Gasteiger partial charge in [-0.15, -0.1) is 5.10 Å². The molecule has 0 fully saturated rings. The van der Waals surface area contributed by atoms with Gasteiger partial charge in [0.2, 0.25) is 5.65 Å². The highest BCUT2D eigenvalue weighted by Gasteiger charge is 2.19. The summed E-state index contributed by atoms with van der Waals surface area (Å²) in [6.45, 7) is 7.47. The maximum Gasteiger partial charge on any atom is 0.352 e. The summed E-state index contributed by atoms with van der Waals surface area (Å²) in [4.78, 5) is 12.6. The average molecular weight is 426 g/mol. The van der Waals surface area contributed by atoms with Gasteiger partial charge in [-0.05, 0) is 24.2 Å². The van der Waals surface area contributed by atoms with Crippen LogP contribution < -0.4 is 10.4 Å². The predicted molar refractivity (Wildman–Crippen MR) is 118 cm³/mol. The van der Waals surface area contributed by atoms with Crippen LogP contribution in [0, 0.1) is 11.8 Å². The van der Waals surface area contributed by atoms with E-state index in [4.69, 9.17) is 9.47 Å². The predicted octanol–water partition coefficient (Wildman–Crippen LogP) is 2.90. The first-order valence-corrected chi connectivity index (χ1v) is 13.5. The van der Waals surface area contributed by atoms with Gasteiger partial charge in [-0.25, -0.2) is 9.20 Å². The first-order valence-electron chi connectivity index (χ1n) is 9.78. The number of hydrogen-bond donors (Lipinski definition) is 1. The Morgan fingerprint density at radius 3 is 2.60 bits per heavy atom. The molecule has 3 aromatic rings. The van der Waals surface area contributed by atoms with E-state index in [1.54, 1.807) is 12.3 Å². The van der Waals surface area contributed by atoms with Crippen molar-refractivity contribution in [3.63, 3.8) is 0 Å². The van der Waals surface area contributed by atoms with Gasteiger partial charge in [0.25, 0.3) is 0 Å². The second-order valence-electron chi connectivity index (χ2n) is 8.17. The zero-order valence-corrected chi connectivity index (χ0v) is 18.8. The van der Waals surface area contributed by atoms with Crippen molar-refractivity contribution in [1.82, 2.24) is 14.2 Å². The molecule has 3 rings (SSSR count). The van der Waals surface area contributed by atoms with Gasteiger partial charge in [-0.1, -0.05) is 49.7 Å². The molecule has 0 aliphatic carbocycles. The fourth-order valence-electron chi connectivity index (χ4n) is 2.86. The standard InChI is InChI=1S/C22H27N3O4Si/c1-28-20-18(19(26)11-10-17-8-6-5-7-9-17)12-13-24-21(20)23-25(22(24)27)16-29-14-15-30(2,3)4/h5-9,12-13,19,26H,14-16H2,1-4H3. The minimum atomic E-state index is -1.21. The van der Waals surface area contributed by atoms with Crippen LogP contribution in [0.2, 0.25) is 25.7 Å². The third kappa shape index (κ3) is 5.19. The number of nitrogens with zero attached hydrogens (tertiary/aromatic N) is 3. The second kappa shape index (κ2) is 9.30. The van der Waals surface area contributed by atoms with E-state index in [1.165, 1.54) is 16.2 Å². The first-order chi connectivity index (χ1) is 14.3. The Hall–Kier alpha value is -2.86. The number of aliphatic hydroxyl groups is 1. The Bertz CT molecular complexity index is 1120. The van der Waals surface area contributed by atoms with Gasteiger partial charge in [-0.2, -0.15) is 4.68 Å². The molecule has 0 saturated carbocycles. The van der Waals surface area contributed by atoms with Crippen LogP contribution in [0.15, 0.2) is 47.4 Å². The summed E-state index contributed by atoms with van der Waals surface area (Å²) in [6.07, 6.45) is 0.479. The molecule has 2 aromatic heterocycles. The van der Waals surface area contributed by atoms with E-state index in [-0.39, 0.29) is 12.4 Å². The molecule has 158 valence electrons. The normalized spacial score (nSPS) is 12.4. The van der Waals surface area contributed by atoms with Gasteiger partial charge in [0.1, 0.15) is 12.8 Å². The third-order valence-electron chi connectivity index (χ3n) is 4.57. The number of methoxy groups -OCH3 is 1. The number of rotatable bonds is 7. The number of aliphatic hydroxyl groups excluding tert-OH is 1. The van der Waals surface area contributed by atoms with E-state index in [1.807, 2.05) is 30.3 Å². The summed E-state index contributed by atoms with van der Waals surface area (Å²) < 4.78 is 13.8. The van der Waals surface area contributed by atoms with Crippen molar-refractivity contribution in [2.24, 2.45) is 0 Å². The van der Waals surface area contributed by atoms with E-state index in [0.717, 1.165) is 11.6 Å². The lowest BCUT2D eigenvalue weighted by molar-refractivity contribution is 0.0761. The van der Waals surface area contributed by atoms with Crippen molar-refractivity contribution in [3.05, 3.63) is 64.2 Å². The number of hydrogen-bond acceptors (Lipinski definition) is 5. The van der Waals surface area contributed by atoms with Crippen LogP contribution in [0.4, 0.5) is 0 Å². The average Bonchev–Trinajstić information content (AvgIpc) is 3.04. The molecule has 1 atom stereocenters. The molecule has 0 amide bonds. The van der Waals surface area contributed by atoms with Crippen LogP contribution in [0.25, 0.3) is 5.65 Å². The largest absolute Gasteiger partial charge is 0.492 e. The topological polar surface area (TPSA) is 78.0 Å². The first kappa shape index (κ1) is 21.8. The van der Waals surface area contributed by atoms with E-state index in [0.29, 0.717) is 23.6 Å². The summed E-state index contributed by atoms with van der Waals surface area (Å²) in [5.74, 6) is 6.06. The van der Waals surface area contributed by atoms with Crippen molar-refractivity contribution in [1.29, 1.82) is 0 Å². The number of fused-ring (bicyclic) bond motifs is 1. The van der Waals surface area contributed by atoms with Crippen molar-refractivity contribution in [3.8, 4) is 17.6 Å². The second-order valence-corrected chi connectivity index (χ2v) is 13.8. The van der Waals surface area contributed by atoms with E-state index >= 15 is 0 Å². The summed E-state index contributed by atoms with van der Waals surface area (Å²) >= 11 is 0. The number of benzene rings is 1. The Morgan fingerprint density at radius 1 is 1.20 bits per heavy atom. The summed E-state index contributed by atoms with van der Waals surface area (Å²) in [7, 11) is 0.269. The van der Waals surface area contributed by atoms with Gasteiger partial charge in [-0.3, -0.25) is 0 Å². The third-order valence-corrected chi connectivity index (χ3v) is 6.28. The summed E-state index contributed by atoms with van der Waals surface area (Å²) in [5, 5.41) is 14.9. The smallest absolute Gasteiger partial charge is 0.352 e. The van der Waals surface area contributed by atoms with Gasteiger partial charge >= 0.3 is 5.69 Å². The maximum atomic E-state index is 12.6. The minimum absolute atomic E-state index is 0.0693. The number of pyridine rings is 1. The molecule has 1 N–H and O–H groups in total. The van der Waals surface area contributed by atoms with Crippen LogP contribution in [0.5, 0.6) is 5.75 Å². The molecule has 0 saturated heterocycles. The zero-order chi connectivity index (χ0) is 21.7. The zero-order valence-electron chi connectivity index (χ0n) is 17.8. The van der Waals surface area contributed by atoms with Gasteiger partial charge in [0.05, 0.1) is 7.11 Å². The van der Waals surface area contributed by atoms with Crippen molar-refractivity contribution < 1.29 is 14.6 Å². The number of ether oxygens (including phenoxy) is 2. The molecule has 1 unspecified atom stereocenters. The van der Waals surface area contributed by atoms with E-state index in [9.17, 15) is 9.90 Å². The quantitative estimate of drug-likeness (QED) is 0.358. The Balaban J connectivity index is 1.86. The van der Waals surface area contributed by atoms with Crippen molar-refractivity contribution in [2.75, 3.05) is 13.7 Å². The molecule has 30 heavy (non-hydrogen) atoms. The molecule has 0 radical (unpaired) electrons. The SMILES string of the molecule is COc1c(C(O)C#Cc2ccccc2)ccn2c(=O)n(COCC[Si](C)(C)C)nc12. The van der Waals surface area contributed by atoms with E-state index in [2.05, 4.69) is 36.6 Å².